The number of aryl methyl sites for hydroxylation is 1. The lowest BCUT2D eigenvalue weighted by atomic mass is 10.1. The predicted octanol–water partition coefficient (Wildman–Crippen LogP) is 2.56. The summed E-state index contributed by atoms with van der Waals surface area (Å²) >= 11 is 0. The van der Waals surface area contributed by atoms with Gasteiger partial charge in [-0.25, -0.2) is 4.98 Å². The van der Waals surface area contributed by atoms with E-state index in [1.54, 1.807) is 12.4 Å². The zero-order chi connectivity index (χ0) is 13.1. The molecule has 0 amide bonds. The summed E-state index contributed by atoms with van der Waals surface area (Å²) in [6, 6.07) is 8.13. The second-order valence-corrected chi connectivity index (χ2v) is 4.42. The first-order valence-electron chi connectivity index (χ1n) is 5.95. The Labute approximate surface area is 107 Å². The molecule has 0 aliphatic carbocycles. The van der Waals surface area contributed by atoms with Gasteiger partial charge < -0.3 is 10.6 Å². The molecule has 0 aliphatic rings. The minimum absolute atomic E-state index is 0.198. The fourth-order valence-electron chi connectivity index (χ4n) is 1.97. The van der Waals surface area contributed by atoms with Gasteiger partial charge in [0.2, 0.25) is 0 Å². The number of hydrogen-bond acceptors (Lipinski definition) is 4. The molecule has 1 atom stereocenters. The fraction of sp³-hybridized carbons (Fsp3) is 0.286. The van der Waals surface area contributed by atoms with Crippen molar-refractivity contribution in [3.63, 3.8) is 0 Å². The molecule has 94 valence electrons. The van der Waals surface area contributed by atoms with E-state index in [4.69, 9.17) is 5.73 Å². The van der Waals surface area contributed by atoms with Gasteiger partial charge in [-0.2, -0.15) is 0 Å². The third-order valence-electron chi connectivity index (χ3n) is 3.16. The molecule has 2 rings (SSSR count). The van der Waals surface area contributed by atoms with Gasteiger partial charge in [0.1, 0.15) is 5.82 Å². The Hall–Kier alpha value is -2.10. The Bertz CT molecular complexity index is 539. The standard InChI is InChI=1S/C14H18N4/c1-10-14(17-8-7-16-10)18(3)11(2)12-5-4-6-13(15)9-12/h4-9,11H,15H2,1-3H3. The maximum atomic E-state index is 5.82. The molecule has 0 spiro atoms. The van der Waals surface area contributed by atoms with Crippen LogP contribution in [0.1, 0.15) is 24.2 Å². The quantitative estimate of drug-likeness (QED) is 0.840. The van der Waals surface area contributed by atoms with Crippen molar-refractivity contribution >= 4 is 11.5 Å². The number of hydrogen-bond donors (Lipinski definition) is 1. The number of nitrogens with zero attached hydrogens (tertiary/aromatic N) is 3. The Balaban J connectivity index is 2.29. The average Bonchev–Trinajstić information content (AvgIpc) is 2.37. The maximum Gasteiger partial charge on any atom is 0.150 e. The van der Waals surface area contributed by atoms with Crippen molar-refractivity contribution in [3.8, 4) is 0 Å². The van der Waals surface area contributed by atoms with Gasteiger partial charge in [0, 0.05) is 25.1 Å². The Morgan fingerprint density at radius 3 is 2.61 bits per heavy atom. The molecule has 2 aromatic rings. The normalized spacial score (nSPS) is 12.2. The van der Waals surface area contributed by atoms with Gasteiger partial charge in [0.15, 0.2) is 0 Å². The van der Waals surface area contributed by atoms with E-state index in [2.05, 4.69) is 27.9 Å². The van der Waals surface area contributed by atoms with Crippen molar-refractivity contribution in [2.75, 3.05) is 17.7 Å². The van der Waals surface area contributed by atoms with Crippen LogP contribution >= 0.6 is 0 Å². The van der Waals surface area contributed by atoms with Crippen LogP contribution in [0.5, 0.6) is 0 Å². The average molecular weight is 242 g/mol. The SMILES string of the molecule is Cc1nccnc1N(C)C(C)c1cccc(N)c1. The first kappa shape index (κ1) is 12.4. The summed E-state index contributed by atoms with van der Waals surface area (Å²) in [7, 11) is 2.02. The van der Waals surface area contributed by atoms with Crippen LogP contribution in [0.25, 0.3) is 0 Å². The van der Waals surface area contributed by atoms with Crippen molar-refractivity contribution in [2.24, 2.45) is 0 Å². The van der Waals surface area contributed by atoms with E-state index in [1.165, 1.54) is 5.56 Å². The van der Waals surface area contributed by atoms with E-state index in [1.807, 2.05) is 32.2 Å². The van der Waals surface area contributed by atoms with Crippen LogP contribution in [0.2, 0.25) is 0 Å². The monoisotopic (exact) mass is 242 g/mol. The molecule has 18 heavy (non-hydrogen) atoms. The van der Waals surface area contributed by atoms with E-state index >= 15 is 0 Å². The highest BCUT2D eigenvalue weighted by molar-refractivity contribution is 5.47. The number of benzene rings is 1. The zero-order valence-corrected chi connectivity index (χ0v) is 11.0. The van der Waals surface area contributed by atoms with E-state index in [9.17, 15) is 0 Å². The van der Waals surface area contributed by atoms with Crippen molar-refractivity contribution < 1.29 is 0 Å². The molecule has 0 fully saturated rings. The lowest BCUT2D eigenvalue weighted by molar-refractivity contribution is 0.722. The number of anilines is 2. The summed E-state index contributed by atoms with van der Waals surface area (Å²) in [6.07, 6.45) is 3.42. The Morgan fingerprint density at radius 1 is 1.22 bits per heavy atom. The summed E-state index contributed by atoms with van der Waals surface area (Å²) < 4.78 is 0. The molecule has 1 aromatic heterocycles. The van der Waals surface area contributed by atoms with Crippen LogP contribution in [0.4, 0.5) is 11.5 Å². The van der Waals surface area contributed by atoms with Crippen LogP contribution in [-0.2, 0) is 0 Å². The molecular weight excluding hydrogens is 224 g/mol. The van der Waals surface area contributed by atoms with E-state index in [0.29, 0.717) is 0 Å². The highest BCUT2D eigenvalue weighted by Gasteiger charge is 2.15. The van der Waals surface area contributed by atoms with Gasteiger partial charge in [-0.05, 0) is 31.5 Å². The highest BCUT2D eigenvalue weighted by Crippen LogP contribution is 2.25. The molecule has 1 aromatic carbocycles. The molecule has 0 radical (unpaired) electrons. The van der Waals surface area contributed by atoms with E-state index in [-0.39, 0.29) is 6.04 Å². The van der Waals surface area contributed by atoms with Crippen LogP contribution < -0.4 is 10.6 Å². The molecule has 0 saturated heterocycles. The van der Waals surface area contributed by atoms with Crippen LogP contribution in [0, 0.1) is 6.92 Å². The topological polar surface area (TPSA) is 55.0 Å². The first-order chi connectivity index (χ1) is 8.59. The summed E-state index contributed by atoms with van der Waals surface area (Å²) in [5.41, 5.74) is 8.70. The molecule has 0 bridgehead atoms. The van der Waals surface area contributed by atoms with Crippen molar-refractivity contribution in [2.45, 2.75) is 19.9 Å². The molecule has 0 aliphatic heterocycles. The molecule has 4 nitrogen and oxygen atoms in total. The van der Waals surface area contributed by atoms with Gasteiger partial charge >= 0.3 is 0 Å². The summed E-state index contributed by atoms with van der Waals surface area (Å²) in [4.78, 5) is 10.8. The molecule has 1 heterocycles. The Kier molecular flexibility index (Phi) is 3.46. The molecule has 1 unspecified atom stereocenters. The third kappa shape index (κ3) is 2.42. The number of nitrogens with two attached hydrogens (primary N) is 1. The number of nitrogen functional groups attached to an aromatic ring is 1. The van der Waals surface area contributed by atoms with Crippen molar-refractivity contribution in [1.82, 2.24) is 9.97 Å². The van der Waals surface area contributed by atoms with Gasteiger partial charge in [0.25, 0.3) is 0 Å². The zero-order valence-electron chi connectivity index (χ0n) is 11.0. The molecule has 4 heteroatoms. The van der Waals surface area contributed by atoms with Crippen LogP contribution in [-0.4, -0.2) is 17.0 Å². The molecule has 2 N–H and O–H groups in total. The minimum atomic E-state index is 0.198. The van der Waals surface area contributed by atoms with Crippen LogP contribution in [0.15, 0.2) is 36.7 Å². The first-order valence-corrected chi connectivity index (χ1v) is 5.95. The fourth-order valence-corrected chi connectivity index (χ4v) is 1.97. The second kappa shape index (κ2) is 5.04. The Morgan fingerprint density at radius 2 is 1.94 bits per heavy atom. The number of aromatic nitrogens is 2. The van der Waals surface area contributed by atoms with Crippen molar-refractivity contribution in [1.29, 1.82) is 0 Å². The summed E-state index contributed by atoms with van der Waals surface area (Å²) in [5, 5.41) is 0. The van der Waals surface area contributed by atoms with Crippen molar-refractivity contribution in [3.05, 3.63) is 47.9 Å². The summed E-state index contributed by atoms with van der Waals surface area (Å²) in [6.45, 7) is 4.09. The second-order valence-electron chi connectivity index (χ2n) is 4.42. The van der Waals surface area contributed by atoms with Gasteiger partial charge in [-0.3, -0.25) is 4.98 Å². The maximum absolute atomic E-state index is 5.82. The van der Waals surface area contributed by atoms with Gasteiger partial charge in [-0.1, -0.05) is 12.1 Å². The highest BCUT2D eigenvalue weighted by atomic mass is 15.2. The van der Waals surface area contributed by atoms with E-state index in [0.717, 1.165) is 17.2 Å². The molecular formula is C14H18N4. The molecule has 0 saturated carbocycles. The minimum Gasteiger partial charge on any atom is -0.399 e. The number of rotatable bonds is 3. The largest absolute Gasteiger partial charge is 0.399 e. The van der Waals surface area contributed by atoms with Gasteiger partial charge in [0.05, 0.1) is 11.7 Å². The van der Waals surface area contributed by atoms with Gasteiger partial charge in [-0.15, -0.1) is 0 Å². The summed E-state index contributed by atoms with van der Waals surface area (Å²) in [5.74, 6) is 0.896. The third-order valence-corrected chi connectivity index (χ3v) is 3.16. The van der Waals surface area contributed by atoms with E-state index < -0.39 is 0 Å². The predicted molar refractivity (Wildman–Crippen MR) is 74.4 cm³/mol. The van der Waals surface area contributed by atoms with Crippen LogP contribution in [0.3, 0.4) is 0 Å². The smallest absolute Gasteiger partial charge is 0.150 e. The lowest BCUT2D eigenvalue weighted by Crippen LogP contribution is -2.23. The lowest BCUT2D eigenvalue weighted by Gasteiger charge is -2.27.